The van der Waals surface area contributed by atoms with Gasteiger partial charge in [0.05, 0.1) is 0 Å². The molecule has 0 spiro atoms. The van der Waals surface area contributed by atoms with E-state index in [9.17, 15) is 14.4 Å². The molecule has 0 radical (unpaired) electrons. The first kappa shape index (κ1) is 14.8. The van der Waals surface area contributed by atoms with Crippen molar-refractivity contribution < 1.29 is 19.5 Å². The zero-order valence-corrected chi connectivity index (χ0v) is 11.8. The molecule has 0 saturated heterocycles. The molecule has 0 aliphatic heterocycles. The Labute approximate surface area is 118 Å². The number of hydrogen-bond acceptors (Lipinski definition) is 3. The number of imide groups is 1. The summed E-state index contributed by atoms with van der Waals surface area (Å²) in [6.45, 7) is 2.44. The van der Waals surface area contributed by atoms with Crippen LogP contribution >= 0.6 is 0 Å². The fourth-order valence-corrected chi connectivity index (χ4v) is 2.29. The van der Waals surface area contributed by atoms with Gasteiger partial charge in [0, 0.05) is 25.4 Å². The van der Waals surface area contributed by atoms with Crippen molar-refractivity contribution >= 4 is 17.9 Å². The van der Waals surface area contributed by atoms with E-state index in [-0.39, 0.29) is 30.7 Å². The molecule has 0 heterocycles. The molecule has 20 heavy (non-hydrogen) atoms. The quantitative estimate of drug-likeness (QED) is 0.742. The number of nitrogens with one attached hydrogen (secondary N) is 1. The maximum atomic E-state index is 12.1. The molecule has 3 amide bonds. The highest BCUT2D eigenvalue weighted by molar-refractivity contribution is 5.94. The van der Waals surface area contributed by atoms with Crippen molar-refractivity contribution in [2.45, 2.75) is 51.5 Å². The summed E-state index contributed by atoms with van der Waals surface area (Å²) in [5.41, 5.74) is 0. The van der Waals surface area contributed by atoms with Gasteiger partial charge in [-0.2, -0.15) is 0 Å². The first-order valence-corrected chi connectivity index (χ1v) is 7.28. The number of nitrogens with zero attached hydrogens (tertiary/aromatic N) is 1. The minimum absolute atomic E-state index is 0.0595. The van der Waals surface area contributed by atoms with Crippen LogP contribution in [0.3, 0.4) is 0 Å². The molecule has 0 aromatic rings. The average molecular weight is 282 g/mol. The summed E-state index contributed by atoms with van der Waals surface area (Å²) >= 11 is 0. The van der Waals surface area contributed by atoms with E-state index in [0.717, 1.165) is 19.4 Å². The van der Waals surface area contributed by atoms with Crippen molar-refractivity contribution in [3.63, 3.8) is 0 Å². The normalized spacial score (nSPS) is 19.2. The van der Waals surface area contributed by atoms with Gasteiger partial charge in [-0.05, 0) is 37.5 Å². The lowest BCUT2D eigenvalue weighted by Gasteiger charge is -2.22. The summed E-state index contributed by atoms with van der Waals surface area (Å²) in [5.74, 6) is -0.976. The Kier molecular flexibility index (Phi) is 4.62. The molecule has 6 nitrogen and oxygen atoms in total. The Morgan fingerprint density at radius 2 is 1.85 bits per heavy atom. The molecule has 2 fully saturated rings. The fourth-order valence-electron chi connectivity index (χ4n) is 2.29. The van der Waals surface area contributed by atoms with Gasteiger partial charge in [-0.25, -0.2) is 4.79 Å². The Balaban J connectivity index is 1.76. The third-order valence-electron chi connectivity index (χ3n) is 3.70. The summed E-state index contributed by atoms with van der Waals surface area (Å²) in [5, 5.41) is 11.0. The Hall–Kier alpha value is -1.59. The van der Waals surface area contributed by atoms with Crippen molar-refractivity contribution in [1.82, 2.24) is 10.2 Å². The van der Waals surface area contributed by atoms with Crippen LogP contribution in [0.2, 0.25) is 0 Å². The number of aliphatic carboxylic acids is 1. The monoisotopic (exact) mass is 282 g/mol. The molecule has 0 bridgehead atoms. The minimum Gasteiger partial charge on any atom is -0.481 e. The second-order valence-electron chi connectivity index (χ2n) is 6.09. The number of urea groups is 1. The van der Waals surface area contributed by atoms with E-state index >= 15 is 0 Å². The van der Waals surface area contributed by atoms with Gasteiger partial charge in [0.15, 0.2) is 0 Å². The number of carboxylic acid groups (broad SMARTS) is 1. The number of amides is 3. The first-order valence-electron chi connectivity index (χ1n) is 7.28. The van der Waals surface area contributed by atoms with Crippen LogP contribution in [0.25, 0.3) is 0 Å². The number of carboxylic acids is 1. The van der Waals surface area contributed by atoms with E-state index in [2.05, 4.69) is 5.32 Å². The van der Waals surface area contributed by atoms with Crippen LogP contribution in [0.15, 0.2) is 0 Å². The molecule has 2 rings (SSSR count). The molecular weight excluding hydrogens is 260 g/mol. The molecule has 1 unspecified atom stereocenters. The summed E-state index contributed by atoms with van der Waals surface area (Å²) < 4.78 is 0. The number of rotatable bonds is 7. The molecule has 1 atom stereocenters. The Morgan fingerprint density at radius 1 is 1.20 bits per heavy atom. The third kappa shape index (κ3) is 4.83. The van der Waals surface area contributed by atoms with Crippen LogP contribution in [-0.4, -0.2) is 40.5 Å². The van der Waals surface area contributed by atoms with Crippen molar-refractivity contribution in [2.75, 3.05) is 6.54 Å². The van der Waals surface area contributed by atoms with Gasteiger partial charge < -0.3 is 10.0 Å². The van der Waals surface area contributed by atoms with Gasteiger partial charge in [-0.1, -0.05) is 6.92 Å². The highest BCUT2D eigenvalue weighted by Gasteiger charge is 2.37. The molecular formula is C14H22N2O4. The van der Waals surface area contributed by atoms with Crippen molar-refractivity contribution in [2.24, 2.45) is 11.8 Å². The highest BCUT2D eigenvalue weighted by atomic mass is 16.4. The number of carbonyl (C=O) groups excluding carboxylic acids is 2. The lowest BCUT2D eigenvalue weighted by Crippen LogP contribution is -2.45. The number of carbonyl (C=O) groups is 3. The van der Waals surface area contributed by atoms with Crippen LogP contribution < -0.4 is 5.32 Å². The summed E-state index contributed by atoms with van der Waals surface area (Å²) in [4.78, 5) is 36.1. The van der Waals surface area contributed by atoms with E-state index < -0.39 is 5.97 Å². The van der Waals surface area contributed by atoms with Gasteiger partial charge >= 0.3 is 12.0 Å². The summed E-state index contributed by atoms with van der Waals surface area (Å²) in [7, 11) is 0. The van der Waals surface area contributed by atoms with Gasteiger partial charge in [-0.15, -0.1) is 0 Å². The SMILES string of the molecule is CC(CC(=O)O)CC(=O)NC(=O)N(CC1CC1)C1CC1. The van der Waals surface area contributed by atoms with Gasteiger partial charge in [0.25, 0.3) is 0 Å². The smallest absolute Gasteiger partial charge is 0.324 e. The third-order valence-corrected chi connectivity index (χ3v) is 3.70. The van der Waals surface area contributed by atoms with Crippen molar-refractivity contribution in [3.05, 3.63) is 0 Å². The van der Waals surface area contributed by atoms with Crippen molar-refractivity contribution in [1.29, 1.82) is 0 Å². The summed E-state index contributed by atoms with van der Waals surface area (Å²) in [6.07, 6.45) is 4.38. The molecule has 0 aromatic carbocycles. The van der Waals surface area contributed by atoms with E-state index in [4.69, 9.17) is 5.11 Å². The highest BCUT2D eigenvalue weighted by Crippen LogP contribution is 2.34. The number of hydrogen-bond donors (Lipinski definition) is 2. The molecule has 2 saturated carbocycles. The van der Waals surface area contributed by atoms with Crippen LogP contribution in [0.1, 0.15) is 45.4 Å². The van der Waals surface area contributed by atoms with Crippen LogP contribution in [0.5, 0.6) is 0 Å². The fraction of sp³-hybridized carbons (Fsp3) is 0.786. The largest absolute Gasteiger partial charge is 0.481 e. The van der Waals surface area contributed by atoms with E-state index in [0.29, 0.717) is 12.0 Å². The van der Waals surface area contributed by atoms with E-state index in [1.807, 2.05) is 0 Å². The molecule has 0 aromatic heterocycles. The molecule has 112 valence electrons. The van der Waals surface area contributed by atoms with E-state index in [1.54, 1.807) is 11.8 Å². The Morgan fingerprint density at radius 3 is 2.35 bits per heavy atom. The van der Waals surface area contributed by atoms with Crippen LogP contribution in [0, 0.1) is 11.8 Å². The molecule has 2 aliphatic carbocycles. The minimum atomic E-state index is -0.926. The molecule has 6 heteroatoms. The Bertz CT molecular complexity index is 402. The molecule has 2 aliphatic rings. The first-order chi connectivity index (χ1) is 9.45. The predicted octanol–water partition coefficient (Wildman–Crippen LogP) is 1.60. The zero-order chi connectivity index (χ0) is 14.7. The second kappa shape index (κ2) is 6.24. The summed E-state index contributed by atoms with van der Waals surface area (Å²) in [6, 6.07) is -0.0215. The lowest BCUT2D eigenvalue weighted by atomic mass is 10.0. The maximum Gasteiger partial charge on any atom is 0.324 e. The van der Waals surface area contributed by atoms with Crippen LogP contribution in [0.4, 0.5) is 4.79 Å². The van der Waals surface area contributed by atoms with E-state index in [1.165, 1.54) is 12.8 Å². The second-order valence-corrected chi connectivity index (χ2v) is 6.09. The predicted molar refractivity (Wildman–Crippen MR) is 72.0 cm³/mol. The maximum absolute atomic E-state index is 12.1. The topological polar surface area (TPSA) is 86.7 Å². The van der Waals surface area contributed by atoms with Crippen molar-refractivity contribution in [3.8, 4) is 0 Å². The zero-order valence-electron chi connectivity index (χ0n) is 11.8. The van der Waals surface area contributed by atoms with Gasteiger partial charge in [0.2, 0.25) is 5.91 Å². The molecule has 2 N–H and O–H groups in total. The van der Waals surface area contributed by atoms with Crippen LogP contribution in [-0.2, 0) is 9.59 Å². The lowest BCUT2D eigenvalue weighted by molar-refractivity contribution is -0.138. The van der Waals surface area contributed by atoms with Gasteiger partial charge in [0.1, 0.15) is 0 Å². The van der Waals surface area contributed by atoms with Gasteiger partial charge in [-0.3, -0.25) is 14.9 Å². The standard InChI is InChI=1S/C14H22N2O4/c1-9(7-13(18)19)6-12(17)15-14(20)16(11-4-5-11)8-10-2-3-10/h9-11H,2-8H2,1H3,(H,18,19)(H,15,17,20). The average Bonchev–Trinajstić information content (AvgIpc) is 3.18.